The molecule has 10 heteroatoms. The number of sulfonamides is 1. The van der Waals surface area contributed by atoms with E-state index in [0.717, 1.165) is 30.2 Å². The standard InChI is InChI=1S/C28H39N3O6S/c1-5-7-16-29-28(33)24(6-2)30(19-22-12-9-8-11-21(22)3)27(32)13-10-17-31(38(4,34)35)23-14-15-25-26(18-23)37-20-36-25/h8-9,11-12,14-15,18,24H,5-7,10,13,16-17,19-20H2,1-4H3,(H,29,33)/t24-/m1/s1. The van der Waals surface area contributed by atoms with Gasteiger partial charge in [-0.05, 0) is 49.4 Å². The summed E-state index contributed by atoms with van der Waals surface area (Å²) in [6.07, 6.45) is 3.83. The van der Waals surface area contributed by atoms with Crippen molar-refractivity contribution in [3.05, 3.63) is 53.6 Å². The van der Waals surface area contributed by atoms with Gasteiger partial charge >= 0.3 is 0 Å². The molecular formula is C28H39N3O6S. The van der Waals surface area contributed by atoms with E-state index in [1.54, 1.807) is 23.1 Å². The molecule has 2 amide bonds. The van der Waals surface area contributed by atoms with Gasteiger partial charge in [-0.2, -0.15) is 0 Å². The number of unbranched alkanes of at least 4 members (excludes halogenated alkanes) is 1. The predicted molar refractivity (Wildman–Crippen MR) is 148 cm³/mol. The van der Waals surface area contributed by atoms with E-state index in [4.69, 9.17) is 9.47 Å². The first-order valence-electron chi connectivity index (χ1n) is 13.1. The molecule has 0 fully saturated rings. The molecule has 1 heterocycles. The second-order valence-electron chi connectivity index (χ2n) is 9.49. The van der Waals surface area contributed by atoms with E-state index in [1.165, 1.54) is 4.31 Å². The van der Waals surface area contributed by atoms with E-state index < -0.39 is 16.1 Å². The molecule has 2 aromatic carbocycles. The summed E-state index contributed by atoms with van der Waals surface area (Å²) in [5.74, 6) is 0.689. The van der Waals surface area contributed by atoms with Crippen molar-refractivity contribution in [2.75, 3.05) is 30.4 Å². The van der Waals surface area contributed by atoms with Crippen molar-refractivity contribution in [2.45, 2.75) is 65.5 Å². The third-order valence-electron chi connectivity index (χ3n) is 6.61. The average Bonchev–Trinajstić information content (AvgIpc) is 3.35. The van der Waals surface area contributed by atoms with Crippen LogP contribution in [0.4, 0.5) is 5.69 Å². The second kappa shape index (κ2) is 13.5. The van der Waals surface area contributed by atoms with Gasteiger partial charge in [0.25, 0.3) is 0 Å². The van der Waals surface area contributed by atoms with Crippen LogP contribution in [0, 0.1) is 6.92 Å². The first-order valence-corrected chi connectivity index (χ1v) is 15.0. The molecule has 1 N–H and O–H groups in total. The van der Waals surface area contributed by atoms with E-state index in [9.17, 15) is 18.0 Å². The summed E-state index contributed by atoms with van der Waals surface area (Å²) in [4.78, 5) is 28.2. The zero-order valence-electron chi connectivity index (χ0n) is 22.7. The lowest BCUT2D eigenvalue weighted by Gasteiger charge is -2.31. The highest BCUT2D eigenvalue weighted by Crippen LogP contribution is 2.36. The number of carbonyl (C=O) groups is 2. The summed E-state index contributed by atoms with van der Waals surface area (Å²) in [5, 5.41) is 2.96. The van der Waals surface area contributed by atoms with E-state index >= 15 is 0 Å². The molecule has 0 spiro atoms. The minimum absolute atomic E-state index is 0.0908. The Morgan fingerprint density at radius 3 is 2.47 bits per heavy atom. The van der Waals surface area contributed by atoms with Crippen molar-refractivity contribution in [3.63, 3.8) is 0 Å². The van der Waals surface area contributed by atoms with Crippen molar-refractivity contribution in [2.24, 2.45) is 0 Å². The summed E-state index contributed by atoms with van der Waals surface area (Å²) >= 11 is 0. The Bertz CT molecular complexity index is 1220. The molecule has 1 aliphatic heterocycles. The lowest BCUT2D eigenvalue weighted by Crippen LogP contribution is -2.49. The minimum atomic E-state index is -3.61. The molecule has 0 unspecified atom stereocenters. The highest BCUT2D eigenvalue weighted by molar-refractivity contribution is 7.92. The number of amides is 2. The van der Waals surface area contributed by atoms with Gasteiger partial charge in [-0.1, -0.05) is 44.5 Å². The first kappa shape index (κ1) is 29.3. The molecule has 2 aromatic rings. The van der Waals surface area contributed by atoms with Crippen LogP contribution in [0.25, 0.3) is 0 Å². The van der Waals surface area contributed by atoms with Gasteiger partial charge in [-0.3, -0.25) is 13.9 Å². The zero-order chi connectivity index (χ0) is 27.7. The average molecular weight is 546 g/mol. The number of anilines is 1. The van der Waals surface area contributed by atoms with Gasteiger partial charge in [-0.25, -0.2) is 8.42 Å². The zero-order valence-corrected chi connectivity index (χ0v) is 23.6. The SMILES string of the molecule is CCCCNC(=O)[C@@H](CC)N(Cc1ccccc1C)C(=O)CCCN(c1ccc2c(c1)OCO2)S(C)(=O)=O. The highest BCUT2D eigenvalue weighted by Gasteiger charge is 2.29. The third-order valence-corrected chi connectivity index (χ3v) is 7.81. The number of aryl methyl sites for hydroxylation is 1. The number of nitrogens with zero attached hydrogens (tertiary/aromatic N) is 2. The molecule has 0 bridgehead atoms. The molecule has 208 valence electrons. The lowest BCUT2D eigenvalue weighted by molar-refractivity contribution is -0.141. The summed E-state index contributed by atoms with van der Waals surface area (Å²) in [6, 6.07) is 12.2. The fourth-order valence-corrected chi connectivity index (χ4v) is 5.40. The normalized spacial score (nSPS) is 13.2. The number of carbonyl (C=O) groups excluding carboxylic acids is 2. The Hall–Kier alpha value is -3.27. The molecule has 0 aromatic heterocycles. The summed E-state index contributed by atoms with van der Waals surface area (Å²) in [6.45, 7) is 7.01. The first-order chi connectivity index (χ1) is 18.2. The predicted octanol–water partition coefficient (Wildman–Crippen LogP) is 3.99. The lowest BCUT2D eigenvalue weighted by atomic mass is 10.1. The van der Waals surface area contributed by atoms with Gasteiger partial charge in [-0.15, -0.1) is 0 Å². The van der Waals surface area contributed by atoms with Crippen molar-refractivity contribution >= 4 is 27.5 Å². The molecule has 38 heavy (non-hydrogen) atoms. The van der Waals surface area contributed by atoms with Crippen LogP contribution in [-0.4, -0.2) is 57.3 Å². The van der Waals surface area contributed by atoms with Crippen LogP contribution in [0.3, 0.4) is 0 Å². The van der Waals surface area contributed by atoms with Gasteiger partial charge in [0, 0.05) is 32.1 Å². The molecule has 9 nitrogen and oxygen atoms in total. The minimum Gasteiger partial charge on any atom is -0.454 e. The topological polar surface area (TPSA) is 105 Å². The van der Waals surface area contributed by atoms with Crippen LogP contribution in [-0.2, 0) is 26.2 Å². The smallest absolute Gasteiger partial charge is 0.242 e. The Morgan fingerprint density at radius 2 is 1.79 bits per heavy atom. The monoisotopic (exact) mass is 545 g/mol. The van der Waals surface area contributed by atoms with Gasteiger partial charge in [0.05, 0.1) is 11.9 Å². The van der Waals surface area contributed by atoms with Crippen molar-refractivity contribution in [1.29, 1.82) is 0 Å². The Morgan fingerprint density at radius 1 is 1.05 bits per heavy atom. The fourth-order valence-electron chi connectivity index (χ4n) is 4.44. The van der Waals surface area contributed by atoms with E-state index in [0.29, 0.717) is 43.1 Å². The number of benzene rings is 2. The summed E-state index contributed by atoms with van der Waals surface area (Å²) < 4.78 is 37.2. The largest absolute Gasteiger partial charge is 0.454 e. The van der Waals surface area contributed by atoms with Crippen molar-refractivity contribution in [1.82, 2.24) is 10.2 Å². The highest BCUT2D eigenvalue weighted by atomic mass is 32.2. The van der Waals surface area contributed by atoms with Gasteiger partial charge < -0.3 is 19.7 Å². The van der Waals surface area contributed by atoms with Gasteiger partial charge in [0.2, 0.25) is 28.6 Å². The van der Waals surface area contributed by atoms with E-state index in [1.807, 2.05) is 38.1 Å². The molecule has 0 radical (unpaired) electrons. The Balaban J connectivity index is 1.75. The number of hydrogen-bond acceptors (Lipinski definition) is 6. The second-order valence-corrected chi connectivity index (χ2v) is 11.4. The number of fused-ring (bicyclic) bond motifs is 1. The van der Waals surface area contributed by atoms with Gasteiger partial charge in [0.1, 0.15) is 6.04 Å². The van der Waals surface area contributed by atoms with Crippen molar-refractivity contribution < 1.29 is 27.5 Å². The van der Waals surface area contributed by atoms with E-state index in [-0.39, 0.29) is 31.6 Å². The Labute approximate surface area is 226 Å². The van der Waals surface area contributed by atoms with Crippen LogP contribution in [0.5, 0.6) is 11.5 Å². The quantitative estimate of drug-likeness (QED) is 0.360. The third kappa shape index (κ3) is 7.63. The van der Waals surface area contributed by atoms with Crippen LogP contribution in [0.15, 0.2) is 42.5 Å². The number of rotatable bonds is 14. The molecule has 1 atom stereocenters. The van der Waals surface area contributed by atoms with Crippen LogP contribution >= 0.6 is 0 Å². The number of hydrogen-bond donors (Lipinski definition) is 1. The van der Waals surface area contributed by atoms with Crippen LogP contribution in [0.1, 0.15) is 57.1 Å². The molecule has 1 aliphatic rings. The maximum absolute atomic E-state index is 13.6. The Kier molecular flexibility index (Phi) is 10.4. The molecule has 0 aliphatic carbocycles. The summed E-state index contributed by atoms with van der Waals surface area (Å²) in [7, 11) is -3.61. The molecular weight excluding hydrogens is 506 g/mol. The number of ether oxygens (including phenoxy) is 2. The number of nitrogens with one attached hydrogen (secondary N) is 1. The van der Waals surface area contributed by atoms with Crippen LogP contribution in [0.2, 0.25) is 0 Å². The molecule has 0 saturated heterocycles. The van der Waals surface area contributed by atoms with Crippen molar-refractivity contribution in [3.8, 4) is 11.5 Å². The molecule has 0 saturated carbocycles. The van der Waals surface area contributed by atoms with E-state index in [2.05, 4.69) is 12.2 Å². The fraction of sp³-hybridized carbons (Fsp3) is 0.500. The van der Waals surface area contributed by atoms with Crippen LogP contribution < -0.4 is 19.1 Å². The molecule has 3 rings (SSSR count). The maximum Gasteiger partial charge on any atom is 0.242 e. The maximum atomic E-state index is 13.6. The summed E-state index contributed by atoms with van der Waals surface area (Å²) in [5.41, 5.74) is 2.46. The van der Waals surface area contributed by atoms with Gasteiger partial charge in [0.15, 0.2) is 11.5 Å².